The lowest BCUT2D eigenvalue weighted by Gasteiger charge is -2.16. The fraction of sp³-hybridized carbons (Fsp3) is 0.444. The van der Waals surface area contributed by atoms with Gasteiger partial charge in [0.1, 0.15) is 0 Å². The first kappa shape index (κ1) is 7.92. The van der Waals surface area contributed by atoms with Gasteiger partial charge >= 0.3 is 0 Å². The lowest BCUT2D eigenvalue weighted by molar-refractivity contribution is 0.961. The first-order chi connectivity index (χ1) is 5.86. The molecule has 64 valence electrons. The van der Waals surface area contributed by atoms with Gasteiger partial charge in [-0.05, 0) is 18.6 Å². The van der Waals surface area contributed by atoms with Gasteiger partial charge in [-0.2, -0.15) is 12.6 Å². The van der Waals surface area contributed by atoms with Gasteiger partial charge in [0.2, 0.25) is 0 Å². The average molecular weight is 180 g/mol. The number of anilines is 1. The van der Waals surface area contributed by atoms with Gasteiger partial charge in [-0.3, -0.25) is 4.98 Å². The summed E-state index contributed by atoms with van der Waals surface area (Å²) in [7, 11) is 0. The van der Waals surface area contributed by atoms with Crippen molar-refractivity contribution in [3.63, 3.8) is 0 Å². The molecular weight excluding hydrogens is 168 g/mol. The minimum atomic E-state index is 0.533. The molecular formula is C9H12N2S. The van der Waals surface area contributed by atoms with Crippen molar-refractivity contribution in [2.24, 2.45) is 0 Å². The standard InChI is InChI=1S/C9H12N2S/c12-9-3-5-11(7-9)8-2-1-4-10-6-8/h1-2,4,6,9,12H,3,5,7H2. The molecule has 1 aliphatic rings. The zero-order valence-corrected chi connectivity index (χ0v) is 7.74. The van der Waals surface area contributed by atoms with Gasteiger partial charge in [-0.25, -0.2) is 0 Å². The first-order valence-electron chi connectivity index (χ1n) is 4.19. The summed E-state index contributed by atoms with van der Waals surface area (Å²) in [6.45, 7) is 2.16. The highest BCUT2D eigenvalue weighted by molar-refractivity contribution is 7.81. The van der Waals surface area contributed by atoms with E-state index in [0.717, 1.165) is 13.1 Å². The third-order valence-corrected chi connectivity index (χ3v) is 2.60. The predicted molar refractivity (Wildman–Crippen MR) is 53.8 cm³/mol. The number of thiol groups is 1. The van der Waals surface area contributed by atoms with E-state index in [1.807, 2.05) is 12.3 Å². The summed E-state index contributed by atoms with van der Waals surface area (Å²) < 4.78 is 0. The van der Waals surface area contributed by atoms with E-state index in [4.69, 9.17) is 0 Å². The Kier molecular flexibility index (Phi) is 2.21. The summed E-state index contributed by atoms with van der Waals surface area (Å²) in [6.07, 6.45) is 4.89. The van der Waals surface area contributed by atoms with Crippen LogP contribution in [0.4, 0.5) is 5.69 Å². The summed E-state index contributed by atoms with van der Waals surface area (Å²) in [5.41, 5.74) is 1.22. The number of rotatable bonds is 1. The number of aromatic nitrogens is 1. The van der Waals surface area contributed by atoms with Crippen LogP contribution in [0.2, 0.25) is 0 Å². The van der Waals surface area contributed by atoms with Gasteiger partial charge < -0.3 is 4.90 Å². The van der Waals surface area contributed by atoms with Crippen molar-refractivity contribution in [1.29, 1.82) is 0 Å². The third-order valence-electron chi connectivity index (χ3n) is 2.17. The monoisotopic (exact) mass is 180 g/mol. The highest BCUT2D eigenvalue weighted by Gasteiger charge is 2.19. The van der Waals surface area contributed by atoms with Gasteiger partial charge in [-0.1, -0.05) is 0 Å². The highest BCUT2D eigenvalue weighted by atomic mass is 32.1. The Bertz CT molecular complexity index is 250. The Morgan fingerprint density at radius 3 is 3.08 bits per heavy atom. The molecule has 3 heteroatoms. The lowest BCUT2D eigenvalue weighted by atomic mass is 10.4. The van der Waals surface area contributed by atoms with E-state index >= 15 is 0 Å². The molecule has 1 unspecified atom stereocenters. The van der Waals surface area contributed by atoms with Crippen LogP contribution in [-0.2, 0) is 0 Å². The fourth-order valence-electron chi connectivity index (χ4n) is 1.52. The molecule has 1 fully saturated rings. The SMILES string of the molecule is SC1CCN(c2cccnc2)C1. The van der Waals surface area contributed by atoms with Crippen LogP contribution in [0.3, 0.4) is 0 Å². The number of hydrogen-bond donors (Lipinski definition) is 1. The van der Waals surface area contributed by atoms with E-state index in [0.29, 0.717) is 5.25 Å². The molecule has 0 saturated carbocycles. The van der Waals surface area contributed by atoms with Crippen LogP contribution in [-0.4, -0.2) is 23.3 Å². The highest BCUT2D eigenvalue weighted by Crippen LogP contribution is 2.21. The second-order valence-electron chi connectivity index (χ2n) is 3.10. The van der Waals surface area contributed by atoms with Crippen LogP contribution in [0, 0.1) is 0 Å². The second kappa shape index (κ2) is 3.35. The van der Waals surface area contributed by atoms with Gasteiger partial charge in [-0.15, -0.1) is 0 Å². The summed E-state index contributed by atoms with van der Waals surface area (Å²) in [5.74, 6) is 0. The third kappa shape index (κ3) is 1.55. The van der Waals surface area contributed by atoms with E-state index in [1.165, 1.54) is 12.1 Å². The molecule has 1 saturated heterocycles. The topological polar surface area (TPSA) is 16.1 Å². The molecule has 0 amide bonds. The van der Waals surface area contributed by atoms with Crippen LogP contribution in [0.1, 0.15) is 6.42 Å². The average Bonchev–Trinajstić information content (AvgIpc) is 2.54. The van der Waals surface area contributed by atoms with Crippen LogP contribution >= 0.6 is 12.6 Å². The molecule has 0 radical (unpaired) electrons. The Morgan fingerprint density at radius 1 is 1.58 bits per heavy atom. The zero-order valence-electron chi connectivity index (χ0n) is 6.85. The number of nitrogens with zero attached hydrogens (tertiary/aromatic N) is 2. The lowest BCUT2D eigenvalue weighted by Crippen LogP contribution is -2.19. The molecule has 1 aromatic rings. The Morgan fingerprint density at radius 2 is 2.50 bits per heavy atom. The molecule has 0 aliphatic carbocycles. The summed E-state index contributed by atoms with van der Waals surface area (Å²) >= 11 is 4.44. The van der Waals surface area contributed by atoms with Crippen LogP contribution in [0.5, 0.6) is 0 Å². The normalized spacial score (nSPS) is 23.1. The molecule has 0 aromatic carbocycles. The van der Waals surface area contributed by atoms with E-state index in [2.05, 4.69) is 28.6 Å². The minimum absolute atomic E-state index is 0.533. The number of pyridine rings is 1. The van der Waals surface area contributed by atoms with Crippen LogP contribution in [0.15, 0.2) is 24.5 Å². The molecule has 2 heterocycles. The molecule has 2 rings (SSSR count). The largest absolute Gasteiger partial charge is 0.369 e. The molecule has 1 atom stereocenters. The molecule has 1 aliphatic heterocycles. The summed E-state index contributed by atoms with van der Waals surface area (Å²) in [6, 6.07) is 4.07. The van der Waals surface area contributed by atoms with Gasteiger partial charge in [0.05, 0.1) is 11.9 Å². The van der Waals surface area contributed by atoms with Crippen LogP contribution in [0.25, 0.3) is 0 Å². The van der Waals surface area contributed by atoms with E-state index < -0.39 is 0 Å². The molecule has 0 N–H and O–H groups in total. The molecule has 12 heavy (non-hydrogen) atoms. The smallest absolute Gasteiger partial charge is 0.0553 e. The zero-order chi connectivity index (χ0) is 8.39. The maximum atomic E-state index is 4.44. The maximum Gasteiger partial charge on any atom is 0.0553 e. The van der Waals surface area contributed by atoms with Crippen molar-refractivity contribution in [2.75, 3.05) is 18.0 Å². The van der Waals surface area contributed by atoms with Crippen molar-refractivity contribution in [3.05, 3.63) is 24.5 Å². The fourth-order valence-corrected chi connectivity index (χ4v) is 1.83. The summed E-state index contributed by atoms with van der Waals surface area (Å²) in [4.78, 5) is 6.41. The maximum absolute atomic E-state index is 4.44. The second-order valence-corrected chi connectivity index (χ2v) is 3.83. The van der Waals surface area contributed by atoms with Crippen molar-refractivity contribution in [3.8, 4) is 0 Å². The van der Waals surface area contributed by atoms with Crippen molar-refractivity contribution in [1.82, 2.24) is 4.98 Å². The Balaban J connectivity index is 2.11. The van der Waals surface area contributed by atoms with Crippen LogP contribution < -0.4 is 4.90 Å². The summed E-state index contributed by atoms with van der Waals surface area (Å²) in [5, 5.41) is 0.533. The van der Waals surface area contributed by atoms with Gasteiger partial charge in [0, 0.05) is 24.5 Å². The quantitative estimate of drug-likeness (QED) is 0.661. The van der Waals surface area contributed by atoms with Crippen molar-refractivity contribution >= 4 is 18.3 Å². The Labute approximate surface area is 78.0 Å². The minimum Gasteiger partial charge on any atom is -0.369 e. The van der Waals surface area contributed by atoms with E-state index in [9.17, 15) is 0 Å². The molecule has 0 bridgehead atoms. The van der Waals surface area contributed by atoms with Gasteiger partial charge in [0.15, 0.2) is 0 Å². The predicted octanol–water partition coefficient (Wildman–Crippen LogP) is 1.59. The molecule has 1 aromatic heterocycles. The van der Waals surface area contributed by atoms with E-state index in [1.54, 1.807) is 6.20 Å². The molecule has 0 spiro atoms. The Hall–Kier alpha value is -0.700. The van der Waals surface area contributed by atoms with Gasteiger partial charge in [0.25, 0.3) is 0 Å². The number of hydrogen-bond acceptors (Lipinski definition) is 3. The first-order valence-corrected chi connectivity index (χ1v) is 4.71. The molecule has 2 nitrogen and oxygen atoms in total. The van der Waals surface area contributed by atoms with Crippen molar-refractivity contribution < 1.29 is 0 Å². The van der Waals surface area contributed by atoms with E-state index in [-0.39, 0.29) is 0 Å². The van der Waals surface area contributed by atoms with Crippen molar-refractivity contribution in [2.45, 2.75) is 11.7 Å².